The highest BCUT2D eigenvalue weighted by Crippen LogP contribution is 2.41. The van der Waals surface area contributed by atoms with Gasteiger partial charge in [0.15, 0.2) is 0 Å². The topological polar surface area (TPSA) is 97.2 Å². The molecular formula is C36H49NO6. The molecule has 0 aliphatic heterocycles. The summed E-state index contributed by atoms with van der Waals surface area (Å²) in [7, 11) is 3.32. The maximum absolute atomic E-state index is 10.8. The van der Waals surface area contributed by atoms with Crippen molar-refractivity contribution in [3.05, 3.63) is 95.6 Å². The quantitative estimate of drug-likeness (QED) is 0.0860. The summed E-state index contributed by atoms with van der Waals surface area (Å²) in [6.45, 7) is 0.939. The van der Waals surface area contributed by atoms with Gasteiger partial charge in [0.05, 0.1) is 26.9 Å². The molecule has 0 bridgehead atoms. The summed E-state index contributed by atoms with van der Waals surface area (Å²) in [5.74, 6) is 1.56. The molecule has 0 spiro atoms. The lowest BCUT2D eigenvalue weighted by atomic mass is 9.80. The Morgan fingerprint density at radius 1 is 0.674 bits per heavy atom. The minimum absolute atomic E-state index is 0.399. The minimum Gasteiger partial charge on any atom is -0.497 e. The lowest BCUT2D eigenvalue weighted by Crippen LogP contribution is -2.34. The van der Waals surface area contributed by atoms with Crippen LogP contribution in [0.2, 0.25) is 0 Å². The fourth-order valence-electron chi connectivity index (χ4n) is 5.50. The SMILES string of the molecule is COc1ccc(C(OCCC(O)CCCCCCCCCCCNC(=O)O)(c2ccccc2)c2ccc(OC)cc2)cc1. The zero-order valence-corrected chi connectivity index (χ0v) is 25.8. The zero-order chi connectivity index (χ0) is 30.8. The summed E-state index contributed by atoms with van der Waals surface area (Å²) in [6.07, 6.45) is 9.98. The summed E-state index contributed by atoms with van der Waals surface area (Å²) >= 11 is 0. The number of amides is 1. The third-order valence-corrected chi connectivity index (χ3v) is 7.93. The van der Waals surface area contributed by atoms with E-state index in [1.54, 1.807) is 14.2 Å². The second kappa shape index (κ2) is 18.9. The third kappa shape index (κ3) is 10.9. The number of ether oxygens (including phenoxy) is 3. The van der Waals surface area contributed by atoms with Crippen LogP contribution in [0.3, 0.4) is 0 Å². The Morgan fingerprint density at radius 2 is 1.14 bits per heavy atom. The zero-order valence-electron chi connectivity index (χ0n) is 25.8. The maximum atomic E-state index is 10.8. The fraction of sp³-hybridized carbons (Fsp3) is 0.472. The standard InChI is InChI=1S/C36H49NO6/c1-41-33-22-18-30(19-23-33)36(29-15-11-10-12-16-29,31-20-24-34(42-2)25-21-31)43-28-26-32(38)17-13-8-6-4-3-5-7-9-14-27-37-35(39)40/h10-12,15-16,18-25,32,37-38H,3-9,13-14,17,26-28H2,1-2H3,(H,39,40). The van der Waals surface area contributed by atoms with E-state index in [1.165, 1.54) is 25.7 Å². The average molecular weight is 592 g/mol. The van der Waals surface area contributed by atoms with Gasteiger partial charge in [-0.3, -0.25) is 0 Å². The molecule has 43 heavy (non-hydrogen) atoms. The summed E-state index contributed by atoms with van der Waals surface area (Å²) < 4.78 is 17.7. The first-order valence-corrected chi connectivity index (χ1v) is 15.6. The number of nitrogens with one attached hydrogen (secondary N) is 1. The molecule has 1 unspecified atom stereocenters. The van der Waals surface area contributed by atoms with Crippen molar-refractivity contribution >= 4 is 6.09 Å². The molecule has 0 radical (unpaired) electrons. The number of hydrogen-bond acceptors (Lipinski definition) is 5. The molecule has 0 aliphatic rings. The van der Waals surface area contributed by atoms with Gasteiger partial charge in [0.25, 0.3) is 0 Å². The van der Waals surface area contributed by atoms with E-state index in [0.29, 0.717) is 19.6 Å². The number of carboxylic acid groups (broad SMARTS) is 1. The van der Waals surface area contributed by atoms with Gasteiger partial charge in [0.2, 0.25) is 0 Å². The molecule has 0 heterocycles. The van der Waals surface area contributed by atoms with Gasteiger partial charge in [-0.2, -0.15) is 0 Å². The number of unbranched alkanes of at least 4 members (excludes halogenated alkanes) is 8. The monoisotopic (exact) mass is 591 g/mol. The van der Waals surface area contributed by atoms with Gasteiger partial charge in [-0.15, -0.1) is 0 Å². The van der Waals surface area contributed by atoms with E-state index in [-0.39, 0.29) is 0 Å². The Balaban J connectivity index is 1.53. The smallest absolute Gasteiger partial charge is 0.404 e. The number of hydrogen-bond donors (Lipinski definition) is 3. The van der Waals surface area contributed by atoms with Crippen LogP contribution in [0.1, 0.15) is 87.3 Å². The molecule has 3 N–H and O–H groups in total. The first kappa shape index (κ1) is 33.9. The van der Waals surface area contributed by atoms with Crippen molar-refractivity contribution < 1.29 is 29.2 Å². The predicted molar refractivity (Wildman–Crippen MR) is 171 cm³/mol. The molecule has 0 aliphatic carbocycles. The largest absolute Gasteiger partial charge is 0.497 e. The van der Waals surface area contributed by atoms with Gasteiger partial charge >= 0.3 is 6.09 Å². The number of rotatable bonds is 21. The van der Waals surface area contributed by atoms with Crippen LogP contribution in [0.5, 0.6) is 11.5 Å². The number of methoxy groups -OCH3 is 2. The molecular weight excluding hydrogens is 542 g/mol. The Hall–Kier alpha value is -3.55. The molecule has 3 rings (SSSR count). The fourth-order valence-corrected chi connectivity index (χ4v) is 5.50. The van der Waals surface area contributed by atoms with E-state index in [4.69, 9.17) is 19.3 Å². The number of aliphatic hydroxyl groups is 1. The Kier molecular flexibility index (Phi) is 14.9. The average Bonchev–Trinajstić information content (AvgIpc) is 3.04. The van der Waals surface area contributed by atoms with Crippen molar-refractivity contribution in [3.8, 4) is 11.5 Å². The van der Waals surface area contributed by atoms with Crippen LogP contribution < -0.4 is 14.8 Å². The normalized spacial score (nSPS) is 12.1. The highest BCUT2D eigenvalue weighted by Gasteiger charge is 2.37. The summed E-state index contributed by atoms with van der Waals surface area (Å²) in [5.41, 5.74) is 2.11. The molecule has 0 saturated heterocycles. The predicted octanol–water partition coefficient (Wildman–Crippen LogP) is 7.93. The van der Waals surface area contributed by atoms with Gasteiger partial charge < -0.3 is 29.7 Å². The second-order valence-corrected chi connectivity index (χ2v) is 11.0. The second-order valence-electron chi connectivity index (χ2n) is 11.0. The molecule has 0 saturated carbocycles. The summed E-state index contributed by atoms with van der Waals surface area (Å²) in [4.78, 5) is 10.5. The van der Waals surface area contributed by atoms with Gasteiger partial charge in [0.1, 0.15) is 17.1 Å². The Morgan fingerprint density at radius 3 is 1.63 bits per heavy atom. The summed E-state index contributed by atoms with van der Waals surface area (Å²) in [5, 5.41) is 21.8. The number of benzene rings is 3. The van der Waals surface area contributed by atoms with E-state index < -0.39 is 17.8 Å². The highest BCUT2D eigenvalue weighted by molar-refractivity contribution is 5.64. The van der Waals surface area contributed by atoms with E-state index in [2.05, 4.69) is 17.4 Å². The lowest BCUT2D eigenvalue weighted by Gasteiger charge is -2.36. The van der Waals surface area contributed by atoms with Crippen molar-refractivity contribution in [2.24, 2.45) is 0 Å². The van der Waals surface area contributed by atoms with Crippen molar-refractivity contribution in [2.75, 3.05) is 27.4 Å². The van der Waals surface area contributed by atoms with E-state index >= 15 is 0 Å². The third-order valence-electron chi connectivity index (χ3n) is 7.93. The molecule has 0 fully saturated rings. The van der Waals surface area contributed by atoms with Crippen LogP contribution in [-0.4, -0.2) is 49.8 Å². The minimum atomic E-state index is -0.944. The molecule has 1 atom stereocenters. The van der Waals surface area contributed by atoms with Gasteiger partial charge in [-0.25, -0.2) is 4.79 Å². The number of aliphatic hydroxyl groups excluding tert-OH is 1. The van der Waals surface area contributed by atoms with Gasteiger partial charge in [0, 0.05) is 6.54 Å². The van der Waals surface area contributed by atoms with Crippen LogP contribution in [0.25, 0.3) is 0 Å². The van der Waals surface area contributed by atoms with Gasteiger partial charge in [-0.1, -0.05) is 106 Å². The van der Waals surface area contributed by atoms with Crippen LogP contribution in [0.15, 0.2) is 78.9 Å². The van der Waals surface area contributed by atoms with Crippen molar-refractivity contribution in [2.45, 2.75) is 82.3 Å². The molecule has 1 amide bonds. The van der Waals surface area contributed by atoms with E-state index in [1.807, 2.05) is 66.7 Å². The van der Waals surface area contributed by atoms with Crippen LogP contribution >= 0.6 is 0 Å². The molecule has 234 valence electrons. The van der Waals surface area contributed by atoms with Crippen molar-refractivity contribution in [1.82, 2.24) is 5.32 Å². The Labute approximate surface area is 257 Å². The molecule has 7 heteroatoms. The lowest BCUT2D eigenvalue weighted by molar-refractivity contribution is -0.00664. The molecule has 7 nitrogen and oxygen atoms in total. The summed E-state index contributed by atoms with van der Waals surface area (Å²) in [6, 6.07) is 26.2. The van der Waals surface area contributed by atoms with Crippen molar-refractivity contribution in [3.63, 3.8) is 0 Å². The molecule has 0 aromatic heterocycles. The number of carbonyl (C=O) groups is 1. The first-order valence-electron chi connectivity index (χ1n) is 15.6. The van der Waals surface area contributed by atoms with Crippen LogP contribution in [0.4, 0.5) is 4.79 Å². The highest BCUT2D eigenvalue weighted by atomic mass is 16.5. The maximum Gasteiger partial charge on any atom is 0.404 e. The van der Waals surface area contributed by atoms with Crippen molar-refractivity contribution in [1.29, 1.82) is 0 Å². The van der Waals surface area contributed by atoms with Gasteiger partial charge in [-0.05, 0) is 60.2 Å². The van der Waals surface area contributed by atoms with E-state index in [9.17, 15) is 9.90 Å². The Bertz CT molecular complexity index is 1120. The van der Waals surface area contributed by atoms with Crippen LogP contribution in [0, 0.1) is 0 Å². The first-order chi connectivity index (χ1) is 21.0. The van der Waals surface area contributed by atoms with Crippen LogP contribution in [-0.2, 0) is 10.3 Å². The molecule has 3 aromatic rings. The van der Waals surface area contributed by atoms with E-state index in [0.717, 1.165) is 66.7 Å². The molecule has 3 aromatic carbocycles.